The van der Waals surface area contributed by atoms with E-state index in [0.717, 1.165) is 22.6 Å². The molecule has 0 saturated heterocycles. The number of ether oxygens (including phenoxy) is 2. The summed E-state index contributed by atoms with van der Waals surface area (Å²) in [4.78, 5) is 18.8. The molecule has 5 nitrogen and oxygen atoms in total. The van der Waals surface area contributed by atoms with Crippen molar-refractivity contribution in [2.45, 2.75) is 6.92 Å². The van der Waals surface area contributed by atoms with E-state index in [1.807, 2.05) is 79.0 Å². The molecule has 1 aromatic heterocycles. The molecular weight excluding hydrogens is 372 g/mol. The molecule has 0 aliphatic rings. The van der Waals surface area contributed by atoms with Crippen LogP contribution in [0.2, 0.25) is 0 Å². The largest absolute Gasteiger partial charge is 0.462 e. The van der Waals surface area contributed by atoms with Crippen molar-refractivity contribution >= 4 is 28.6 Å². The third-order valence-corrected chi connectivity index (χ3v) is 4.69. The summed E-state index contributed by atoms with van der Waals surface area (Å²) in [5.74, 6) is 1.14. The molecular formula is C22H22N2O3S. The monoisotopic (exact) mass is 394 g/mol. The van der Waals surface area contributed by atoms with Crippen LogP contribution < -0.4 is 4.74 Å². The Morgan fingerprint density at radius 3 is 2.39 bits per heavy atom. The van der Waals surface area contributed by atoms with E-state index in [9.17, 15) is 4.79 Å². The lowest BCUT2D eigenvalue weighted by Crippen LogP contribution is -2.08. The molecule has 0 atom stereocenters. The van der Waals surface area contributed by atoms with Gasteiger partial charge in [0.15, 0.2) is 0 Å². The average molecular weight is 394 g/mol. The molecule has 1 heterocycles. The van der Waals surface area contributed by atoms with Crippen LogP contribution in [0.4, 0.5) is 5.00 Å². The number of aliphatic imine (C=N–C) groups is 1. The molecule has 0 saturated carbocycles. The van der Waals surface area contributed by atoms with Crippen molar-refractivity contribution in [3.05, 3.63) is 65.5 Å². The summed E-state index contributed by atoms with van der Waals surface area (Å²) in [6.45, 7) is 2.11. The number of carbonyl (C=O) groups excluding carboxylic acids is 1. The third-order valence-electron chi connectivity index (χ3n) is 3.80. The first-order chi connectivity index (χ1) is 13.6. The Bertz CT molecular complexity index is 948. The van der Waals surface area contributed by atoms with E-state index in [4.69, 9.17) is 9.47 Å². The van der Waals surface area contributed by atoms with Crippen LogP contribution in [0, 0.1) is 0 Å². The van der Waals surface area contributed by atoms with Crippen molar-refractivity contribution in [1.82, 2.24) is 4.90 Å². The van der Waals surface area contributed by atoms with Crippen LogP contribution in [0.3, 0.4) is 0 Å². The van der Waals surface area contributed by atoms with E-state index in [-0.39, 0.29) is 5.97 Å². The summed E-state index contributed by atoms with van der Waals surface area (Å²) in [6.07, 6.45) is 1.68. The van der Waals surface area contributed by atoms with Crippen LogP contribution in [-0.4, -0.2) is 37.9 Å². The van der Waals surface area contributed by atoms with Gasteiger partial charge in [-0.1, -0.05) is 30.3 Å². The molecule has 3 rings (SSSR count). The minimum atomic E-state index is -0.366. The van der Waals surface area contributed by atoms with Crippen molar-refractivity contribution in [3.8, 4) is 22.6 Å². The molecule has 6 heteroatoms. The van der Waals surface area contributed by atoms with Gasteiger partial charge >= 0.3 is 5.97 Å². The van der Waals surface area contributed by atoms with E-state index < -0.39 is 0 Å². The minimum absolute atomic E-state index is 0.314. The zero-order valence-electron chi connectivity index (χ0n) is 16.1. The highest BCUT2D eigenvalue weighted by Gasteiger charge is 2.21. The highest BCUT2D eigenvalue weighted by molar-refractivity contribution is 7.14. The lowest BCUT2D eigenvalue weighted by Gasteiger charge is -2.08. The van der Waals surface area contributed by atoms with Crippen molar-refractivity contribution < 1.29 is 14.3 Å². The number of nitrogens with zero attached hydrogens (tertiary/aromatic N) is 2. The van der Waals surface area contributed by atoms with Gasteiger partial charge in [-0.3, -0.25) is 0 Å². The zero-order chi connectivity index (χ0) is 19.9. The van der Waals surface area contributed by atoms with E-state index in [1.165, 1.54) is 11.3 Å². The Labute approximate surface area is 168 Å². The molecule has 28 heavy (non-hydrogen) atoms. The summed E-state index contributed by atoms with van der Waals surface area (Å²) >= 11 is 1.42. The lowest BCUT2D eigenvalue weighted by atomic mass is 10.0. The van der Waals surface area contributed by atoms with Crippen molar-refractivity contribution in [2.75, 3.05) is 20.7 Å². The SMILES string of the molecule is CCOC(=O)c1c(-c2ccc(Oc3ccccc3)cc2)csc1N=CN(C)C. The fraction of sp³-hybridized carbons (Fsp3) is 0.182. The maximum Gasteiger partial charge on any atom is 0.341 e. The predicted octanol–water partition coefficient (Wildman–Crippen LogP) is 5.61. The number of carbonyl (C=O) groups is 1. The van der Waals surface area contributed by atoms with E-state index in [1.54, 1.807) is 13.3 Å². The number of rotatable bonds is 7. The first kappa shape index (κ1) is 19.6. The Morgan fingerprint density at radius 1 is 1.07 bits per heavy atom. The molecule has 0 amide bonds. The topological polar surface area (TPSA) is 51.1 Å². The second kappa shape index (κ2) is 9.19. The van der Waals surface area contributed by atoms with Gasteiger partial charge in [-0.15, -0.1) is 11.3 Å². The second-order valence-corrected chi connectivity index (χ2v) is 7.06. The molecule has 0 spiro atoms. The van der Waals surface area contributed by atoms with Gasteiger partial charge in [0.2, 0.25) is 0 Å². The van der Waals surface area contributed by atoms with Gasteiger partial charge in [-0.25, -0.2) is 9.79 Å². The number of benzene rings is 2. The van der Waals surface area contributed by atoms with Crippen LogP contribution >= 0.6 is 11.3 Å². The Kier molecular flexibility index (Phi) is 6.45. The lowest BCUT2D eigenvalue weighted by molar-refractivity contribution is 0.0529. The summed E-state index contributed by atoms with van der Waals surface area (Å²) in [5, 5.41) is 2.56. The molecule has 3 aromatic rings. The first-order valence-electron chi connectivity index (χ1n) is 8.91. The maximum atomic E-state index is 12.5. The molecule has 0 fully saturated rings. The predicted molar refractivity (Wildman–Crippen MR) is 114 cm³/mol. The highest BCUT2D eigenvalue weighted by atomic mass is 32.1. The number of hydrogen-bond donors (Lipinski definition) is 0. The van der Waals surface area contributed by atoms with Gasteiger partial charge < -0.3 is 14.4 Å². The van der Waals surface area contributed by atoms with Crippen LogP contribution in [0.5, 0.6) is 11.5 Å². The highest BCUT2D eigenvalue weighted by Crippen LogP contribution is 2.38. The molecule has 144 valence electrons. The van der Waals surface area contributed by atoms with Crippen LogP contribution in [0.15, 0.2) is 65.0 Å². The minimum Gasteiger partial charge on any atom is -0.462 e. The first-order valence-corrected chi connectivity index (χ1v) is 9.79. The normalized spacial score (nSPS) is 10.8. The maximum absolute atomic E-state index is 12.5. The average Bonchev–Trinajstić information content (AvgIpc) is 3.12. The van der Waals surface area contributed by atoms with Crippen LogP contribution in [0.25, 0.3) is 11.1 Å². The standard InChI is InChI=1S/C22H22N2O3S/c1-4-26-22(25)20-19(14-28-21(20)23-15-24(2)3)16-10-12-18(13-11-16)27-17-8-6-5-7-9-17/h5-15H,4H2,1-3H3. The van der Waals surface area contributed by atoms with Gasteiger partial charge in [0, 0.05) is 25.0 Å². The third kappa shape index (κ3) is 4.78. The number of esters is 1. The molecule has 2 aromatic carbocycles. The number of thiophene rings is 1. The molecule has 0 radical (unpaired) electrons. The summed E-state index contributed by atoms with van der Waals surface area (Å²) in [5.41, 5.74) is 2.20. The Balaban J connectivity index is 1.90. The fourth-order valence-corrected chi connectivity index (χ4v) is 3.45. The van der Waals surface area contributed by atoms with Crippen LogP contribution in [0.1, 0.15) is 17.3 Å². The smallest absolute Gasteiger partial charge is 0.341 e. The quantitative estimate of drug-likeness (QED) is 0.297. The summed E-state index contributed by atoms with van der Waals surface area (Å²) in [6, 6.07) is 17.2. The number of hydrogen-bond acceptors (Lipinski definition) is 5. The van der Waals surface area contributed by atoms with Gasteiger partial charge in [-0.05, 0) is 36.8 Å². The zero-order valence-corrected chi connectivity index (χ0v) is 16.9. The van der Waals surface area contributed by atoms with Crippen molar-refractivity contribution in [3.63, 3.8) is 0 Å². The van der Waals surface area contributed by atoms with E-state index in [0.29, 0.717) is 17.2 Å². The van der Waals surface area contributed by atoms with Crippen molar-refractivity contribution in [2.24, 2.45) is 4.99 Å². The molecule has 0 aliphatic heterocycles. The molecule has 0 aliphatic carbocycles. The van der Waals surface area contributed by atoms with Gasteiger partial charge in [0.25, 0.3) is 0 Å². The summed E-state index contributed by atoms with van der Waals surface area (Å²) in [7, 11) is 3.76. The van der Waals surface area contributed by atoms with Gasteiger partial charge in [0.05, 0.1) is 12.9 Å². The Hall–Kier alpha value is -3.12. The van der Waals surface area contributed by atoms with Crippen LogP contribution in [-0.2, 0) is 4.74 Å². The molecule has 0 N–H and O–H groups in total. The van der Waals surface area contributed by atoms with E-state index in [2.05, 4.69) is 4.99 Å². The fourth-order valence-electron chi connectivity index (χ4n) is 2.55. The van der Waals surface area contributed by atoms with E-state index >= 15 is 0 Å². The van der Waals surface area contributed by atoms with Gasteiger partial charge in [-0.2, -0.15) is 0 Å². The summed E-state index contributed by atoms with van der Waals surface area (Å²) < 4.78 is 11.1. The second-order valence-electron chi connectivity index (χ2n) is 6.20. The van der Waals surface area contributed by atoms with Gasteiger partial charge in [0.1, 0.15) is 22.1 Å². The Morgan fingerprint density at radius 2 is 1.75 bits per heavy atom. The number of para-hydroxylation sites is 1. The molecule has 0 unspecified atom stereocenters. The molecule has 0 bridgehead atoms. The van der Waals surface area contributed by atoms with Crippen molar-refractivity contribution in [1.29, 1.82) is 0 Å².